The van der Waals surface area contributed by atoms with Crippen LogP contribution in [0, 0.1) is 0 Å². The Hall–Kier alpha value is -3.13. The summed E-state index contributed by atoms with van der Waals surface area (Å²) in [6.07, 6.45) is 1.57. The molecule has 0 saturated heterocycles. The Morgan fingerprint density at radius 2 is 1.92 bits per heavy atom. The van der Waals surface area contributed by atoms with Crippen molar-refractivity contribution in [3.8, 4) is 11.5 Å². The van der Waals surface area contributed by atoms with Gasteiger partial charge >= 0.3 is 5.97 Å². The molecule has 0 spiro atoms. The lowest BCUT2D eigenvalue weighted by Gasteiger charge is -2.08. The summed E-state index contributed by atoms with van der Waals surface area (Å²) in [6, 6.07) is 11.7. The van der Waals surface area contributed by atoms with E-state index in [1.807, 2.05) is 6.07 Å². The lowest BCUT2D eigenvalue weighted by molar-refractivity contribution is 0.0697. The van der Waals surface area contributed by atoms with Crippen molar-refractivity contribution >= 4 is 35.2 Å². The highest BCUT2D eigenvalue weighted by Gasteiger charge is 2.05. The van der Waals surface area contributed by atoms with Crippen molar-refractivity contribution in [3.63, 3.8) is 0 Å². The van der Waals surface area contributed by atoms with Crippen molar-refractivity contribution in [1.82, 2.24) is 5.43 Å². The highest BCUT2D eigenvalue weighted by Crippen LogP contribution is 2.26. The molecule has 2 aromatic carbocycles. The maximum Gasteiger partial charge on any atom is 0.335 e. The third-order valence-corrected chi connectivity index (χ3v) is 3.35. The maximum atomic E-state index is 10.9. The van der Waals surface area contributed by atoms with Crippen molar-refractivity contribution < 1.29 is 19.4 Å². The van der Waals surface area contributed by atoms with Crippen molar-refractivity contribution in [3.05, 3.63) is 53.6 Å². The number of rotatable bonds is 6. The van der Waals surface area contributed by atoms with Gasteiger partial charge in [-0.15, -0.1) is 0 Å². The summed E-state index contributed by atoms with van der Waals surface area (Å²) in [5.74, 6) is 0.217. The number of carboxylic acid groups (broad SMARTS) is 1. The van der Waals surface area contributed by atoms with Gasteiger partial charge < -0.3 is 19.9 Å². The molecule has 0 amide bonds. The van der Waals surface area contributed by atoms with Gasteiger partial charge in [0, 0.05) is 5.69 Å². The van der Waals surface area contributed by atoms with E-state index in [9.17, 15) is 4.79 Å². The Balaban J connectivity index is 1.96. The summed E-state index contributed by atoms with van der Waals surface area (Å²) in [5.41, 5.74) is 4.18. The fourth-order valence-electron chi connectivity index (χ4n) is 1.99. The number of anilines is 1. The Morgan fingerprint density at radius 1 is 1.16 bits per heavy atom. The van der Waals surface area contributed by atoms with E-state index in [0.29, 0.717) is 17.2 Å². The minimum atomic E-state index is -1.01. The Morgan fingerprint density at radius 3 is 2.60 bits per heavy atom. The molecule has 2 aromatic rings. The fourth-order valence-corrected chi connectivity index (χ4v) is 2.16. The summed E-state index contributed by atoms with van der Waals surface area (Å²) < 4.78 is 10.4. The maximum absolute atomic E-state index is 10.9. The number of hydrogen-bond acceptors (Lipinski definition) is 5. The van der Waals surface area contributed by atoms with Gasteiger partial charge in [-0.25, -0.2) is 4.79 Å². The Bertz CT molecular complexity index is 808. The Labute approximate surface area is 150 Å². The quantitative estimate of drug-likeness (QED) is 0.415. The molecule has 0 unspecified atom stereocenters. The Kier molecular flexibility index (Phi) is 6.30. The van der Waals surface area contributed by atoms with Crippen LogP contribution in [0.25, 0.3) is 0 Å². The average molecular weight is 359 g/mol. The first-order valence-corrected chi connectivity index (χ1v) is 7.59. The van der Waals surface area contributed by atoms with Crippen LogP contribution in [0.5, 0.6) is 11.5 Å². The molecule has 0 atom stereocenters. The normalized spacial score (nSPS) is 10.3. The zero-order valence-electron chi connectivity index (χ0n) is 13.6. The number of carboxylic acids is 1. The summed E-state index contributed by atoms with van der Waals surface area (Å²) in [6.45, 7) is 0. The number of hydrazone groups is 1. The van der Waals surface area contributed by atoms with E-state index < -0.39 is 5.97 Å². The van der Waals surface area contributed by atoms with Gasteiger partial charge in [0.1, 0.15) is 0 Å². The van der Waals surface area contributed by atoms with Gasteiger partial charge in [-0.2, -0.15) is 5.10 Å². The van der Waals surface area contributed by atoms with E-state index in [-0.39, 0.29) is 10.7 Å². The second-order valence-electron chi connectivity index (χ2n) is 4.82. The van der Waals surface area contributed by atoms with E-state index in [0.717, 1.165) is 5.56 Å². The van der Waals surface area contributed by atoms with Crippen molar-refractivity contribution in [2.24, 2.45) is 5.10 Å². The standard InChI is InChI=1S/C17H17N3O4S/c1-23-14-7-6-11(8-15(14)24-2)10-18-20-17(25)19-13-5-3-4-12(9-13)16(21)22/h3-10H,1-2H3,(H,21,22)(H2,19,20,25). The number of nitrogens with zero attached hydrogens (tertiary/aromatic N) is 1. The summed E-state index contributed by atoms with van der Waals surface area (Å²) in [4.78, 5) is 10.9. The number of hydrogen-bond donors (Lipinski definition) is 3. The van der Waals surface area contributed by atoms with Crippen molar-refractivity contribution in [2.75, 3.05) is 19.5 Å². The van der Waals surface area contributed by atoms with Crippen molar-refractivity contribution in [2.45, 2.75) is 0 Å². The van der Waals surface area contributed by atoms with E-state index >= 15 is 0 Å². The first-order chi connectivity index (χ1) is 12.0. The molecule has 0 heterocycles. The molecule has 7 nitrogen and oxygen atoms in total. The minimum Gasteiger partial charge on any atom is -0.493 e. The molecule has 25 heavy (non-hydrogen) atoms. The molecule has 0 aliphatic rings. The second-order valence-corrected chi connectivity index (χ2v) is 5.23. The number of benzene rings is 2. The summed E-state index contributed by atoms with van der Waals surface area (Å²) in [7, 11) is 3.12. The smallest absolute Gasteiger partial charge is 0.335 e. The molecule has 0 radical (unpaired) electrons. The van der Waals surface area contributed by atoms with E-state index in [1.54, 1.807) is 44.7 Å². The van der Waals surface area contributed by atoms with Crippen LogP contribution in [0.4, 0.5) is 5.69 Å². The molecule has 130 valence electrons. The van der Waals surface area contributed by atoms with Crippen LogP contribution >= 0.6 is 12.2 Å². The van der Waals surface area contributed by atoms with Crippen LogP contribution in [0.2, 0.25) is 0 Å². The highest BCUT2D eigenvalue weighted by molar-refractivity contribution is 7.80. The number of carbonyl (C=O) groups is 1. The van der Waals surface area contributed by atoms with Crippen molar-refractivity contribution in [1.29, 1.82) is 0 Å². The second kappa shape index (κ2) is 8.65. The molecule has 2 rings (SSSR count). The number of methoxy groups -OCH3 is 2. The molecule has 0 bridgehead atoms. The summed E-state index contributed by atoms with van der Waals surface area (Å²) in [5, 5.41) is 16.1. The van der Waals surface area contributed by atoms with Crippen LogP contribution in [-0.2, 0) is 0 Å². The zero-order valence-corrected chi connectivity index (χ0v) is 14.5. The largest absolute Gasteiger partial charge is 0.493 e. The lowest BCUT2D eigenvalue weighted by Crippen LogP contribution is -2.24. The van der Waals surface area contributed by atoms with Crippen LogP contribution < -0.4 is 20.2 Å². The molecular formula is C17H17N3O4S. The number of aromatic carboxylic acids is 1. The van der Waals surface area contributed by atoms with Crippen LogP contribution in [0.1, 0.15) is 15.9 Å². The van der Waals surface area contributed by atoms with Crippen LogP contribution in [0.15, 0.2) is 47.6 Å². The molecule has 3 N–H and O–H groups in total. The zero-order chi connectivity index (χ0) is 18.2. The molecule has 8 heteroatoms. The predicted molar refractivity (Wildman–Crippen MR) is 99.9 cm³/mol. The number of ether oxygens (including phenoxy) is 2. The molecule has 0 aliphatic carbocycles. The minimum absolute atomic E-state index is 0.168. The first-order valence-electron chi connectivity index (χ1n) is 7.19. The van der Waals surface area contributed by atoms with E-state index in [2.05, 4.69) is 15.8 Å². The number of thiocarbonyl (C=S) groups is 1. The fraction of sp³-hybridized carbons (Fsp3) is 0.118. The lowest BCUT2D eigenvalue weighted by atomic mass is 10.2. The topological polar surface area (TPSA) is 92.2 Å². The average Bonchev–Trinajstić information content (AvgIpc) is 2.61. The van der Waals surface area contributed by atoms with E-state index in [4.69, 9.17) is 26.8 Å². The van der Waals surface area contributed by atoms with Gasteiger partial charge in [0.25, 0.3) is 0 Å². The highest BCUT2D eigenvalue weighted by atomic mass is 32.1. The SMILES string of the molecule is COc1ccc(C=NNC(=S)Nc2cccc(C(=O)O)c2)cc1OC. The van der Waals surface area contributed by atoms with Gasteiger partial charge in [-0.1, -0.05) is 6.07 Å². The summed E-state index contributed by atoms with van der Waals surface area (Å²) >= 11 is 5.12. The third kappa shape index (κ3) is 5.18. The first kappa shape index (κ1) is 18.2. The van der Waals surface area contributed by atoms with Gasteiger partial charge in [0.05, 0.1) is 26.0 Å². The predicted octanol–water partition coefficient (Wildman–Crippen LogP) is 2.72. The molecular weight excluding hydrogens is 342 g/mol. The molecule has 0 aromatic heterocycles. The molecule has 0 fully saturated rings. The molecule has 0 saturated carbocycles. The third-order valence-electron chi connectivity index (χ3n) is 3.15. The van der Waals surface area contributed by atoms with Gasteiger partial charge in [0.2, 0.25) is 0 Å². The molecule has 0 aliphatic heterocycles. The van der Waals surface area contributed by atoms with Gasteiger partial charge in [-0.3, -0.25) is 5.43 Å². The van der Waals surface area contributed by atoms with Gasteiger partial charge in [-0.05, 0) is 54.2 Å². The van der Waals surface area contributed by atoms with E-state index in [1.165, 1.54) is 12.1 Å². The number of nitrogens with one attached hydrogen (secondary N) is 2. The van der Waals surface area contributed by atoms with Crippen LogP contribution in [0.3, 0.4) is 0 Å². The van der Waals surface area contributed by atoms with Gasteiger partial charge in [0.15, 0.2) is 16.6 Å². The monoisotopic (exact) mass is 359 g/mol. The van der Waals surface area contributed by atoms with Crippen LogP contribution in [-0.4, -0.2) is 36.6 Å².